The maximum absolute atomic E-state index is 9.77. The number of hydrogen-bond donors (Lipinski definition) is 1. The van der Waals surface area contributed by atoms with E-state index in [0.29, 0.717) is 11.8 Å². The number of phenols is 1. The summed E-state index contributed by atoms with van der Waals surface area (Å²) in [6.45, 7) is 2.16. The standard InChI is InChI=1S/C12H16Cl2O/c1-2-3-4-9-5-10(7-13)12(15)11(6-9)8-14/h5-6,15H,2-4,7-8H2,1H3. The Balaban J connectivity index is 2.98. The van der Waals surface area contributed by atoms with E-state index in [-0.39, 0.29) is 5.75 Å². The second kappa shape index (κ2) is 6.24. The van der Waals surface area contributed by atoms with Gasteiger partial charge in [0.05, 0.1) is 11.8 Å². The molecule has 84 valence electrons. The van der Waals surface area contributed by atoms with Crippen LogP contribution in [0.4, 0.5) is 0 Å². The fourth-order valence-electron chi connectivity index (χ4n) is 1.56. The molecule has 0 bridgehead atoms. The smallest absolute Gasteiger partial charge is 0.124 e. The molecule has 1 N–H and O–H groups in total. The highest BCUT2D eigenvalue weighted by Crippen LogP contribution is 2.28. The van der Waals surface area contributed by atoms with Gasteiger partial charge < -0.3 is 5.11 Å². The first-order valence-electron chi connectivity index (χ1n) is 5.18. The van der Waals surface area contributed by atoms with Crippen LogP contribution in [0, 0.1) is 0 Å². The maximum atomic E-state index is 9.77. The molecule has 1 rings (SSSR count). The fraction of sp³-hybridized carbons (Fsp3) is 0.500. The number of alkyl halides is 2. The molecule has 0 unspecified atom stereocenters. The summed E-state index contributed by atoms with van der Waals surface area (Å²) < 4.78 is 0. The molecule has 0 spiro atoms. The quantitative estimate of drug-likeness (QED) is 0.772. The van der Waals surface area contributed by atoms with Crippen LogP contribution in [0.25, 0.3) is 0 Å². The van der Waals surface area contributed by atoms with Crippen LogP contribution in [0.3, 0.4) is 0 Å². The minimum atomic E-state index is 0.250. The summed E-state index contributed by atoms with van der Waals surface area (Å²) in [7, 11) is 0. The van der Waals surface area contributed by atoms with E-state index in [2.05, 4.69) is 6.92 Å². The fourth-order valence-corrected chi connectivity index (χ4v) is 1.97. The van der Waals surface area contributed by atoms with Crippen molar-refractivity contribution in [2.24, 2.45) is 0 Å². The summed E-state index contributed by atoms with van der Waals surface area (Å²) in [6, 6.07) is 3.93. The first kappa shape index (κ1) is 12.7. The van der Waals surface area contributed by atoms with Crippen LogP contribution in [-0.4, -0.2) is 5.11 Å². The third-order valence-corrected chi connectivity index (χ3v) is 3.01. The van der Waals surface area contributed by atoms with E-state index in [9.17, 15) is 5.11 Å². The molecule has 0 fully saturated rings. The molecule has 0 atom stereocenters. The van der Waals surface area contributed by atoms with Gasteiger partial charge in [-0.1, -0.05) is 25.5 Å². The molecule has 1 aromatic rings. The minimum Gasteiger partial charge on any atom is -0.507 e. The van der Waals surface area contributed by atoms with Crippen molar-refractivity contribution in [1.29, 1.82) is 0 Å². The third-order valence-electron chi connectivity index (χ3n) is 2.43. The van der Waals surface area contributed by atoms with Crippen molar-refractivity contribution in [3.8, 4) is 5.75 Å². The Kier molecular flexibility index (Phi) is 5.27. The second-order valence-electron chi connectivity index (χ2n) is 3.63. The Morgan fingerprint density at radius 1 is 1.13 bits per heavy atom. The SMILES string of the molecule is CCCCc1cc(CCl)c(O)c(CCl)c1. The van der Waals surface area contributed by atoms with Crippen LogP contribution in [-0.2, 0) is 18.2 Å². The number of rotatable bonds is 5. The van der Waals surface area contributed by atoms with Gasteiger partial charge in [-0.2, -0.15) is 0 Å². The van der Waals surface area contributed by atoms with E-state index in [1.165, 1.54) is 5.56 Å². The zero-order chi connectivity index (χ0) is 11.3. The molecule has 0 saturated heterocycles. The summed E-state index contributed by atoms with van der Waals surface area (Å²) in [5.74, 6) is 0.908. The molecule has 0 amide bonds. The zero-order valence-electron chi connectivity index (χ0n) is 8.89. The highest BCUT2D eigenvalue weighted by atomic mass is 35.5. The maximum Gasteiger partial charge on any atom is 0.124 e. The van der Waals surface area contributed by atoms with Crippen LogP contribution in [0.15, 0.2) is 12.1 Å². The molecular formula is C12H16Cl2O. The highest BCUT2D eigenvalue weighted by molar-refractivity contribution is 6.18. The molecule has 0 aliphatic heterocycles. The largest absolute Gasteiger partial charge is 0.507 e. The van der Waals surface area contributed by atoms with Crippen molar-refractivity contribution in [3.63, 3.8) is 0 Å². The summed E-state index contributed by atoms with van der Waals surface area (Å²) in [5, 5.41) is 9.77. The number of aryl methyl sites for hydroxylation is 1. The van der Waals surface area contributed by atoms with Gasteiger partial charge >= 0.3 is 0 Å². The van der Waals surface area contributed by atoms with E-state index in [4.69, 9.17) is 23.2 Å². The van der Waals surface area contributed by atoms with Crippen LogP contribution < -0.4 is 0 Å². The zero-order valence-corrected chi connectivity index (χ0v) is 10.4. The molecule has 0 saturated carbocycles. The summed E-state index contributed by atoms with van der Waals surface area (Å²) in [5.41, 5.74) is 2.77. The van der Waals surface area contributed by atoms with Gasteiger partial charge in [0.2, 0.25) is 0 Å². The third kappa shape index (κ3) is 3.29. The van der Waals surface area contributed by atoms with Gasteiger partial charge in [-0.25, -0.2) is 0 Å². The van der Waals surface area contributed by atoms with Crippen molar-refractivity contribution in [1.82, 2.24) is 0 Å². The normalized spacial score (nSPS) is 10.6. The average Bonchev–Trinajstić information content (AvgIpc) is 2.27. The van der Waals surface area contributed by atoms with Gasteiger partial charge in [0.15, 0.2) is 0 Å². The van der Waals surface area contributed by atoms with Crippen molar-refractivity contribution >= 4 is 23.2 Å². The molecule has 1 nitrogen and oxygen atoms in total. The number of halogens is 2. The molecule has 1 aromatic carbocycles. The van der Waals surface area contributed by atoms with Gasteiger partial charge in [0, 0.05) is 11.1 Å². The van der Waals surface area contributed by atoms with E-state index in [0.717, 1.165) is 30.4 Å². The molecule has 0 radical (unpaired) electrons. The van der Waals surface area contributed by atoms with Gasteiger partial charge in [-0.3, -0.25) is 0 Å². The lowest BCUT2D eigenvalue weighted by Gasteiger charge is -2.09. The van der Waals surface area contributed by atoms with Crippen molar-refractivity contribution in [2.75, 3.05) is 0 Å². The highest BCUT2D eigenvalue weighted by Gasteiger charge is 2.08. The van der Waals surface area contributed by atoms with Crippen LogP contribution >= 0.6 is 23.2 Å². The lowest BCUT2D eigenvalue weighted by molar-refractivity contribution is 0.465. The molecule has 0 aliphatic carbocycles. The van der Waals surface area contributed by atoms with Crippen LogP contribution in [0.5, 0.6) is 5.75 Å². The number of unbranched alkanes of at least 4 members (excludes halogenated alkanes) is 1. The number of hydrogen-bond acceptors (Lipinski definition) is 1. The van der Waals surface area contributed by atoms with Gasteiger partial charge in [-0.15, -0.1) is 23.2 Å². The van der Waals surface area contributed by atoms with E-state index in [1.54, 1.807) is 0 Å². The monoisotopic (exact) mass is 246 g/mol. The molecule has 0 aliphatic rings. The Labute approximate surface area is 101 Å². The van der Waals surface area contributed by atoms with E-state index in [1.807, 2.05) is 12.1 Å². The molecule has 0 heterocycles. The van der Waals surface area contributed by atoms with Crippen LogP contribution in [0.1, 0.15) is 36.5 Å². The Hall–Kier alpha value is -0.400. The first-order valence-corrected chi connectivity index (χ1v) is 6.25. The lowest BCUT2D eigenvalue weighted by atomic mass is 10.0. The summed E-state index contributed by atoms with van der Waals surface area (Å²) >= 11 is 11.5. The van der Waals surface area contributed by atoms with Gasteiger partial charge in [0.25, 0.3) is 0 Å². The van der Waals surface area contributed by atoms with E-state index < -0.39 is 0 Å². The predicted molar refractivity (Wildman–Crippen MR) is 65.8 cm³/mol. The molecule has 3 heteroatoms. The Morgan fingerprint density at radius 3 is 2.07 bits per heavy atom. The van der Waals surface area contributed by atoms with E-state index >= 15 is 0 Å². The predicted octanol–water partition coefficient (Wildman–Crippen LogP) is 4.21. The Bertz CT molecular complexity index is 298. The van der Waals surface area contributed by atoms with Crippen LogP contribution in [0.2, 0.25) is 0 Å². The second-order valence-corrected chi connectivity index (χ2v) is 4.17. The summed E-state index contributed by atoms with van der Waals surface area (Å²) in [6.07, 6.45) is 3.33. The molecular weight excluding hydrogens is 231 g/mol. The minimum absolute atomic E-state index is 0.250. The van der Waals surface area contributed by atoms with Crippen molar-refractivity contribution < 1.29 is 5.11 Å². The first-order chi connectivity index (χ1) is 7.22. The summed E-state index contributed by atoms with van der Waals surface area (Å²) in [4.78, 5) is 0. The Morgan fingerprint density at radius 2 is 1.67 bits per heavy atom. The lowest BCUT2D eigenvalue weighted by Crippen LogP contribution is -1.93. The number of benzene rings is 1. The van der Waals surface area contributed by atoms with Crippen molar-refractivity contribution in [3.05, 3.63) is 28.8 Å². The van der Waals surface area contributed by atoms with Gasteiger partial charge in [-0.05, 0) is 18.4 Å². The molecule has 15 heavy (non-hydrogen) atoms. The van der Waals surface area contributed by atoms with Gasteiger partial charge in [0.1, 0.15) is 5.75 Å². The number of aromatic hydroxyl groups is 1. The topological polar surface area (TPSA) is 20.2 Å². The average molecular weight is 247 g/mol. The molecule has 0 aromatic heterocycles. The number of phenolic OH excluding ortho intramolecular Hbond substituents is 1. The van der Waals surface area contributed by atoms with Crippen molar-refractivity contribution in [2.45, 2.75) is 37.9 Å².